The number of unbranched alkanes of at least 4 members (excludes halogenated alkanes) is 1. The lowest BCUT2D eigenvalue weighted by molar-refractivity contribution is 0.348. The molecule has 0 aromatic carbocycles. The molecule has 0 fully saturated rings. The van der Waals surface area contributed by atoms with Gasteiger partial charge in [0.15, 0.2) is 0 Å². The average Bonchev–Trinajstić information content (AvgIpc) is 2.08. The van der Waals surface area contributed by atoms with Crippen LogP contribution in [0.1, 0.15) is 33.6 Å². The predicted molar refractivity (Wildman–Crippen MR) is 59.8 cm³/mol. The summed E-state index contributed by atoms with van der Waals surface area (Å²) in [5, 5.41) is 3.37. The topological polar surface area (TPSA) is 15.3 Å². The van der Waals surface area contributed by atoms with Crippen molar-refractivity contribution in [2.75, 3.05) is 26.7 Å². The van der Waals surface area contributed by atoms with E-state index in [0.29, 0.717) is 6.04 Å². The minimum absolute atomic E-state index is 0.595. The quantitative estimate of drug-likeness (QED) is 0.581. The van der Waals surface area contributed by atoms with Crippen molar-refractivity contribution >= 4 is 0 Å². The molecule has 0 atom stereocenters. The van der Waals surface area contributed by atoms with E-state index in [1.165, 1.54) is 19.4 Å². The van der Waals surface area contributed by atoms with E-state index >= 15 is 0 Å². The van der Waals surface area contributed by atoms with E-state index in [-0.39, 0.29) is 0 Å². The molecule has 2 nitrogen and oxygen atoms in total. The van der Waals surface area contributed by atoms with Gasteiger partial charge < -0.3 is 10.2 Å². The van der Waals surface area contributed by atoms with Gasteiger partial charge in [-0.2, -0.15) is 0 Å². The second-order valence-corrected chi connectivity index (χ2v) is 3.97. The van der Waals surface area contributed by atoms with Crippen LogP contribution in [0.4, 0.5) is 0 Å². The molecule has 13 heavy (non-hydrogen) atoms. The van der Waals surface area contributed by atoms with Crippen LogP contribution in [-0.2, 0) is 0 Å². The minimum Gasteiger partial charge on any atom is -0.314 e. The lowest BCUT2D eigenvalue weighted by atomic mass is 10.3. The molecular weight excluding hydrogens is 160 g/mol. The van der Waals surface area contributed by atoms with Gasteiger partial charge in [0, 0.05) is 12.6 Å². The van der Waals surface area contributed by atoms with Gasteiger partial charge in [0.1, 0.15) is 0 Å². The lowest BCUT2D eigenvalue weighted by Gasteiger charge is -2.16. The molecule has 0 aromatic heterocycles. The van der Waals surface area contributed by atoms with Crippen molar-refractivity contribution in [2.24, 2.45) is 0 Å². The van der Waals surface area contributed by atoms with Crippen molar-refractivity contribution in [3.05, 3.63) is 6.42 Å². The summed E-state index contributed by atoms with van der Waals surface area (Å²) in [5.41, 5.74) is 0. The van der Waals surface area contributed by atoms with Crippen LogP contribution in [0, 0.1) is 6.42 Å². The Kier molecular flexibility index (Phi) is 8.46. The van der Waals surface area contributed by atoms with Crippen LogP contribution in [0.3, 0.4) is 0 Å². The van der Waals surface area contributed by atoms with E-state index in [1.807, 2.05) is 0 Å². The summed E-state index contributed by atoms with van der Waals surface area (Å²) in [4.78, 5) is 2.37. The number of nitrogens with zero attached hydrogens (tertiary/aromatic N) is 1. The highest BCUT2D eigenvalue weighted by molar-refractivity contribution is 4.73. The summed E-state index contributed by atoms with van der Waals surface area (Å²) in [7, 11) is 2.18. The Hall–Kier alpha value is -0.0800. The molecule has 0 rings (SSSR count). The predicted octanol–water partition coefficient (Wildman–Crippen LogP) is 1.92. The molecule has 0 unspecified atom stereocenters. The molecule has 0 aliphatic heterocycles. The first kappa shape index (κ1) is 12.9. The van der Waals surface area contributed by atoms with Crippen molar-refractivity contribution in [3.8, 4) is 0 Å². The molecule has 0 amide bonds. The van der Waals surface area contributed by atoms with Gasteiger partial charge in [-0.05, 0) is 33.0 Å². The molecule has 0 bridgehead atoms. The van der Waals surface area contributed by atoms with Crippen molar-refractivity contribution < 1.29 is 0 Å². The maximum atomic E-state index is 3.37. The van der Waals surface area contributed by atoms with Gasteiger partial charge in [0.2, 0.25) is 0 Å². The summed E-state index contributed by atoms with van der Waals surface area (Å²) in [5.74, 6) is 0. The van der Waals surface area contributed by atoms with Crippen LogP contribution in [0.15, 0.2) is 0 Å². The molecule has 0 spiro atoms. The fourth-order valence-corrected chi connectivity index (χ4v) is 1.12. The zero-order valence-electron chi connectivity index (χ0n) is 9.64. The number of hydrogen-bond donors (Lipinski definition) is 1. The number of hydrogen-bond acceptors (Lipinski definition) is 2. The summed E-state index contributed by atoms with van der Waals surface area (Å²) in [6.45, 7) is 9.92. The van der Waals surface area contributed by atoms with Crippen LogP contribution >= 0.6 is 0 Å². The van der Waals surface area contributed by atoms with Gasteiger partial charge in [-0.1, -0.05) is 27.2 Å². The molecule has 0 saturated carbocycles. The standard InChI is InChI=1S/C11H25N2/c1-5-6-9-13(4)10-7-8-12-11(2)3/h7,11-12H,5-6,8-10H2,1-4H3. The van der Waals surface area contributed by atoms with Crippen LogP contribution in [-0.4, -0.2) is 37.6 Å². The van der Waals surface area contributed by atoms with E-state index in [4.69, 9.17) is 0 Å². The highest BCUT2D eigenvalue weighted by Crippen LogP contribution is 1.92. The van der Waals surface area contributed by atoms with Crippen LogP contribution in [0.2, 0.25) is 0 Å². The molecule has 0 heterocycles. The third kappa shape index (κ3) is 9.84. The fraction of sp³-hybridized carbons (Fsp3) is 0.909. The van der Waals surface area contributed by atoms with Crippen molar-refractivity contribution in [1.82, 2.24) is 10.2 Å². The van der Waals surface area contributed by atoms with Crippen molar-refractivity contribution in [1.29, 1.82) is 0 Å². The van der Waals surface area contributed by atoms with Gasteiger partial charge in [0.05, 0.1) is 0 Å². The highest BCUT2D eigenvalue weighted by Gasteiger charge is 1.97. The Labute approximate surface area is 83.7 Å². The van der Waals surface area contributed by atoms with E-state index in [0.717, 1.165) is 13.1 Å². The van der Waals surface area contributed by atoms with Gasteiger partial charge in [0.25, 0.3) is 0 Å². The van der Waals surface area contributed by atoms with E-state index in [2.05, 4.69) is 44.5 Å². The maximum Gasteiger partial charge on any atom is 0.00224 e. The molecule has 0 saturated heterocycles. The monoisotopic (exact) mass is 185 g/mol. The summed E-state index contributed by atoms with van der Waals surface area (Å²) in [6.07, 6.45) is 4.90. The average molecular weight is 185 g/mol. The van der Waals surface area contributed by atoms with Crippen LogP contribution in [0.5, 0.6) is 0 Å². The lowest BCUT2D eigenvalue weighted by Crippen LogP contribution is -2.28. The normalized spacial score (nSPS) is 11.5. The van der Waals surface area contributed by atoms with E-state index < -0.39 is 0 Å². The first-order valence-corrected chi connectivity index (χ1v) is 5.40. The van der Waals surface area contributed by atoms with Crippen molar-refractivity contribution in [3.63, 3.8) is 0 Å². The Bertz CT molecular complexity index is 102. The van der Waals surface area contributed by atoms with Gasteiger partial charge in [-0.25, -0.2) is 0 Å². The van der Waals surface area contributed by atoms with E-state index in [9.17, 15) is 0 Å². The first-order valence-electron chi connectivity index (χ1n) is 5.40. The largest absolute Gasteiger partial charge is 0.314 e. The van der Waals surface area contributed by atoms with Gasteiger partial charge in [-0.15, -0.1) is 0 Å². The van der Waals surface area contributed by atoms with Gasteiger partial charge >= 0.3 is 0 Å². The smallest absolute Gasteiger partial charge is 0.00224 e. The fourth-order valence-electron chi connectivity index (χ4n) is 1.12. The molecule has 79 valence electrons. The third-order valence-corrected chi connectivity index (χ3v) is 2.00. The summed E-state index contributed by atoms with van der Waals surface area (Å²) in [6, 6.07) is 0.595. The zero-order valence-corrected chi connectivity index (χ0v) is 9.64. The molecular formula is C11H25N2. The summed E-state index contributed by atoms with van der Waals surface area (Å²) < 4.78 is 0. The molecule has 2 heteroatoms. The first-order chi connectivity index (χ1) is 6.16. The maximum absolute atomic E-state index is 3.37. The van der Waals surface area contributed by atoms with Gasteiger partial charge in [-0.3, -0.25) is 0 Å². The molecule has 1 radical (unpaired) electrons. The molecule has 0 aliphatic rings. The molecule has 0 aromatic rings. The summed E-state index contributed by atoms with van der Waals surface area (Å²) >= 11 is 0. The minimum atomic E-state index is 0.595. The molecule has 0 aliphatic carbocycles. The van der Waals surface area contributed by atoms with E-state index in [1.54, 1.807) is 0 Å². The SMILES string of the molecule is CCCCN(C)C[CH]CNC(C)C. The number of nitrogens with one attached hydrogen (secondary N) is 1. The van der Waals surface area contributed by atoms with Crippen molar-refractivity contribution in [2.45, 2.75) is 39.7 Å². The zero-order chi connectivity index (χ0) is 10.1. The molecule has 1 N–H and O–H groups in total. The number of rotatable bonds is 8. The highest BCUT2D eigenvalue weighted by atomic mass is 15.1. The van der Waals surface area contributed by atoms with Crippen LogP contribution in [0.25, 0.3) is 0 Å². The Balaban J connectivity index is 3.12. The Morgan fingerprint density at radius 3 is 2.62 bits per heavy atom. The second kappa shape index (κ2) is 8.52. The third-order valence-electron chi connectivity index (χ3n) is 2.00. The Morgan fingerprint density at radius 2 is 2.08 bits per heavy atom. The Morgan fingerprint density at radius 1 is 1.38 bits per heavy atom. The second-order valence-electron chi connectivity index (χ2n) is 3.97. The van der Waals surface area contributed by atoms with Crippen LogP contribution < -0.4 is 5.32 Å².